The van der Waals surface area contributed by atoms with Crippen LogP contribution in [0.15, 0.2) is 47.1 Å². The van der Waals surface area contributed by atoms with E-state index in [2.05, 4.69) is 5.32 Å². The topological polar surface area (TPSA) is 45.4 Å². The molecule has 2 N–H and O–H groups in total. The molecule has 18 heavy (non-hydrogen) atoms. The van der Waals surface area contributed by atoms with Crippen molar-refractivity contribution < 1.29 is 9.52 Å². The molecule has 0 bridgehead atoms. The molecular formula is C15H19NO2. The molecule has 0 saturated carbocycles. The Morgan fingerprint density at radius 1 is 1.22 bits per heavy atom. The molecule has 0 aliphatic rings. The van der Waals surface area contributed by atoms with Crippen LogP contribution in [0.1, 0.15) is 36.0 Å². The van der Waals surface area contributed by atoms with E-state index >= 15 is 0 Å². The summed E-state index contributed by atoms with van der Waals surface area (Å²) in [6.45, 7) is 4.55. The van der Waals surface area contributed by atoms with E-state index < -0.39 is 6.10 Å². The number of rotatable bonds is 5. The Hall–Kier alpha value is -1.58. The van der Waals surface area contributed by atoms with Crippen molar-refractivity contribution in [2.45, 2.75) is 26.0 Å². The summed E-state index contributed by atoms with van der Waals surface area (Å²) < 4.78 is 5.30. The van der Waals surface area contributed by atoms with Gasteiger partial charge in [-0.1, -0.05) is 29.8 Å². The zero-order valence-electron chi connectivity index (χ0n) is 10.8. The number of hydrogen-bond acceptors (Lipinski definition) is 3. The zero-order valence-corrected chi connectivity index (χ0v) is 10.8. The van der Waals surface area contributed by atoms with Crippen molar-refractivity contribution >= 4 is 0 Å². The number of aliphatic hydroxyl groups is 1. The molecule has 3 nitrogen and oxygen atoms in total. The predicted octanol–water partition coefficient (Wildman–Crippen LogP) is 2.97. The Kier molecular flexibility index (Phi) is 4.18. The number of hydrogen-bond donors (Lipinski definition) is 2. The van der Waals surface area contributed by atoms with Gasteiger partial charge in [-0.3, -0.25) is 0 Å². The molecule has 96 valence electrons. The molecule has 0 fully saturated rings. The molecule has 3 heteroatoms. The van der Waals surface area contributed by atoms with Crippen molar-refractivity contribution in [2.75, 3.05) is 6.54 Å². The number of aryl methyl sites for hydroxylation is 1. The van der Waals surface area contributed by atoms with Crippen LogP contribution in [0.3, 0.4) is 0 Å². The van der Waals surface area contributed by atoms with Crippen LogP contribution in [0.25, 0.3) is 0 Å². The van der Waals surface area contributed by atoms with Crippen molar-refractivity contribution in [3.63, 3.8) is 0 Å². The summed E-state index contributed by atoms with van der Waals surface area (Å²) in [5, 5.41) is 13.3. The van der Waals surface area contributed by atoms with E-state index in [9.17, 15) is 5.11 Å². The minimum absolute atomic E-state index is 0.0973. The molecule has 0 saturated heterocycles. The molecule has 0 aliphatic heterocycles. The molecule has 2 aromatic rings. The quantitative estimate of drug-likeness (QED) is 0.851. The van der Waals surface area contributed by atoms with Crippen molar-refractivity contribution in [2.24, 2.45) is 0 Å². The summed E-state index contributed by atoms with van der Waals surface area (Å²) in [7, 11) is 0. The average Bonchev–Trinajstić information content (AvgIpc) is 2.90. The van der Waals surface area contributed by atoms with Gasteiger partial charge >= 0.3 is 0 Å². The highest BCUT2D eigenvalue weighted by Gasteiger charge is 2.11. The Morgan fingerprint density at radius 2 is 1.94 bits per heavy atom. The Morgan fingerprint density at radius 3 is 2.56 bits per heavy atom. The fourth-order valence-electron chi connectivity index (χ4n) is 1.83. The molecule has 0 aliphatic carbocycles. The predicted molar refractivity (Wildman–Crippen MR) is 71.3 cm³/mol. The SMILES string of the molecule is Cc1ccc(C(O)CNC(C)c2ccco2)cc1. The van der Waals surface area contributed by atoms with Crippen LogP contribution in [0.4, 0.5) is 0 Å². The molecule has 2 atom stereocenters. The molecule has 0 radical (unpaired) electrons. The Bertz CT molecular complexity index is 462. The summed E-state index contributed by atoms with van der Waals surface area (Å²) in [6.07, 6.45) is 1.16. The van der Waals surface area contributed by atoms with Crippen LogP contribution in [0.5, 0.6) is 0 Å². The second-order valence-electron chi connectivity index (χ2n) is 4.57. The second-order valence-corrected chi connectivity index (χ2v) is 4.57. The fourth-order valence-corrected chi connectivity index (χ4v) is 1.83. The lowest BCUT2D eigenvalue weighted by molar-refractivity contribution is 0.169. The van der Waals surface area contributed by atoms with Crippen molar-refractivity contribution in [3.8, 4) is 0 Å². The first-order valence-electron chi connectivity index (χ1n) is 6.18. The lowest BCUT2D eigenvalue weighted by Gasteiger charge is -2.16. The maximum Gasteiger partial charge on any atom is 0.120 e. The van der Waals surface area contributed by atoms with Gasteiger partial charge in [-0.25, -0.2) is 0 Å². The molecule has 0 amide bonds. The lowest BCUT2D eigenvalue weighted by Crippen LogP contribution is -2.24. The maximum absolute atomic E-state index is 10.1. The van der Waals surface area contributed by atoms with E-state index in [1.165, 1.54) is 5.56 Å². The van der Waals surface area contributed by atoms with Gasteiger partial charge in [-0.2, -0.15) is 0 Å². The highest BCUT2D eigenvalue weighted by atomic mass is 16.3. The van der Waals surface area contributed by atoms with Crippen molar-refractivity contribution in [1.82, 2.24) is 5.32 Å². The minimum atomic E-state index is -0.497. The van der Waals surface area contributed by atoms with Crippen LogP contribution >= 0.6 is 0 Å². The molecule has 1 aromatic heterocycles. The Balaban J connectivity index is 1.88. The molecule has 0 spiro atoms. The highest BCUT2D eigenvalue weighted by molar-refractivity contribution is 5.23. The van der Waals surface area contributed by atoms with Crippen LogP contribution in [-0.4, -0.2) is 11.7 Å². The van der Waals surface area contributed by atoms with Crippen LogP contribution in [0, 0.1) is 6.92 Å². The molecule has 1 aromatic carbocycles. The summed E-state index contributed by atoms with van der Waals surface area (Å²) in [5.41, 5.74) is 2.13. The molecule has 2 rings (SSSR count). The molecular weight excluding hydrogens is 226 g/mol. The largest absolute Gasteiger partial charge is 0.468 e. The second kappa shape index (κ2) is 5.85. The number of benzene rings is 1. The van der Waals surface area contributed by atoms with Gasteiger partial charge in [0.1, 0.15) is 5.76 Å². The number of nitrogens with one attached hydrogen (secondary N) is 1. The van der Waals surface area contributed by atoms with E-state index in [-0.39, 0.29) is 6.04 Å². The lowest BCUT2D eigenvalue weighted by atomic mass is 10.1. The first-order chi connectivity index (χ1) is 8.66. The van der Waals surface area contributed by atoms with Gasteiger partial charge in [-0.05, 0) is 31.5 Å². The minimum Gasteiger partial charge on any atom is -0.468 e. The van der Waals surface area contributed by atoms with Gasteiger partial charge in [-0.15, -0.1) is 0 Å². The monoisotopic (exact) mass is 245 g/mol. The zero-order chi connectivity index (χ0) is 13.0. The maximum atomic E-state index is 10.1. The van der Waals surface area contributed by atoms with E-state index in [1.807, 2.05) is 50.2 Å². The Labute approximate surface area is 107 Å². The van der Waals surface area contributed by atoms with Gasteiger partial charge in [0.25, 0.3) is 0 Å². The van der Waals surface area contributed by atoms with Gasteiger partial charge < -0.3 is 14.8 Å². The van der Waals surface area contributed by atoms with Gasteiger partial charge in [0, 0.05) is 6.54 Å². The highest BCUT2D eigenvalue weighted by Crippen LogP contribution is 2.16. The summed E-state index contributed by atoms with van der Waals surface area (Å²) in [6, 6.07) is 11.8. The van der Waals surface area contributed by atoms with E-state index in [0.29, 0.717) is 6.54 Å². The third-order valence-electron chi connectivity index (χ3n) is 3.05. The first-order valence-corrected chi connectivity index (χ1v) is 6.18. The summed E-state index contributed by atoms with van der Waals surface area (Å²) in [4.78, 5) is 0. The molecule has 1 heterocycles. The number of furan rings is 1. The first kappa shape index (κ1) is 12.9. The van der Waals surface area contributed by atoms with E-state index in [4.69, 9.17) is 4.42 Å². The van der Waals surface area contributed by atoms with Crippen LogP contribution in [-0.2, 0) is 0 Å². The number of aliphatic hydroxyl groups excluding tert-OH is 1. The van der Waals surface area contributed by atoms with Crippen molar-refractivity contribution in [1.29, 1.82) is 0 Å². The van der Waals surface area contributed by atoms with E-state index in [1.54, 1.807) is 6.26 Å². The standard InChI is InChI=1S/C15H19NO2/c1-11-5-7-13(8-6-11)14(17)10-16-12(2)15-4-3-9-18-15/h3-9,12,14,16-17H,10H2,1-2H3. The third-order valence-corrected chi connectivity index (χ3v) is 3.05. The van der Waals surface area contributed by atoms with Gasteiger partial charge in [0.15, 0.2) is 0 Å². The fraction of sp³-hybridized carbons (Fsp3) is 0.333. The smallest absolute Gasteiger partial charge is 0.120 e. The summed E-state index contributed by atoms with van der Waals surface area (Å²) >= 11 is 0. The van der Waals surface area contributed by atoms with Crippen LogP contribution in [0.2, 0.25) is 0 Å². The normalized spacial score (nSPS) is 14.4. The van der Waals surface area contributed by atoms with E-state index in [0.717, 1.165) is 11.3 Å². The molecule has 2 unspecified atom stereocenters. The van der Waals surface area contributed by atoms with Crippen molar-refractivity contribution in [3.05, 3.63) is 59.5 Å². The van der Waals surface area contributed by atoms with Gasteiger partial charge in [0.2, 0.25) is 0 Å². The van der Waals surface area contributed by atoms with Crippen LogP contribution < -0.4 is 5.32 Å². The van der Waals surface area contributed by atoms with Gasteiger partial charge in [0.05, 0.1) is 18.4 Å². The third kappa shape index (κ3) is 3.22. The summed E-state index contributed by atoms with van der Waals surface area (Å²) in [5.74, 6) is 0.881. The average molecular weight is 245 g/mol.